The average Bonchev–Trinajstić information content (AvgIpc) is 2.76. The zero-order valence-corrected chi connectivity index (χ0v) is 8.53. The summed E-state index contributed by atoms with van der Waals surface area (Å²) in [7, 11) is 0. The molecule has 1 aromatic rings. The van der Waals surface area contributed by atoms with E-state index >= 15 is 0 Å². The van der Waals surface area contributed by atoms with Gasteiger partial charge in [-0.1, -0.05) is 0 Å². The van der Waals surface area contributed by atoms with E-state index in [4.69, 9.17) is 5.11 Å². The van der Waals surface area contributed by atoms with Crippen molar-refractivity contribution in [3.63, 3.8) is 0 Å². The number of aromatic nitrogens is 1. The molecule has 0 aliphatic carbocycles. The second-order valence-electron chi connectivity index (χ2n) is 3.96. The van der Waals surface area contributed by atoms with Crippen molar-refractivity contribution in [2.75, 3.05) is 0 Å². The monoisotopic (exact) mass is 209 g/mol. The van der Waals surface area contributed by atoms with Gasteiger partial charge in [-0.2, -0.15) is 0 Å². The Morgan fingerprint density at radius 1 is 1.53 bits per heavy atom. The molecule has 0 radical (unpaired) electrons. The molecular weight excluding hydrogens is 194 g/mol. The van der Waals surface area contributed by atoms with Gasteiger partial charge in [-0.3, -0.25) is 10.2 Å². The summed E-state index contributed by atoms with van der Waals surface area (Å²) in [6, 6.07) is 2.20. The molecule has 1 aromatic heterocycles. The SMILES string of the molecule is CC1NNC(c2cc[nH]c2)C1CC(=O)O. The molecule has 3 atom stereocenters. The first-order chi connectivity index (χ1) is 7.18. The van der Waals surface area contributed by atoms with E-state index in [-0.39, 0.29) is 24.4 Å². The Bertz CT molecular complexity index is 336. The van der Waals surface area contributed by atoms with Crippen molar-refractivity contribution in [3.05, 3.63) is 24.0 Å². The van der Waals surface area contributed by atoms with Crippen LogP contribution in [0.5, 0.6) is 0 Å². The maximum atomic E-state index is 10.8. The van der Waals surface area contributed by atoms with Gasteiger partial charge >= 0.3 is 5.97 Å². The summed E-state index contributed by atoms with van der Waals surface area (Å²) in [5.74, 6) is -0.670. The minimum absolute atomic E-state index is 0.0716. The third-order valence-electron chi connectivity index (χ3n) is 2.93. The van der Waals surface area contributed by atoms with Crippen LogP contribution in [0.25, 0.3) is 0 Å². The van der Waals surface area contributed by atoms with Crippen LogP contribution in [0, 0.1) is 5.92 Å². The zero-order valence-electron chi connectivity index (χ0n) is 8.53. The highest BCUT2D eigenvalue weighted by Gasteiger charge is 2.35. The summed E-state index contributed by atoms with van der Waals surface area (Å²) < 4.78 is 0. The van der Waals surface area contributed by atoms with E-state index in [0.29, 0.717) is 0 Å². The smallest absolute Gasteiger partial charge is 0.303 e. The first kappa shape index (κ1) is 10.2. The summed E-state index contributed by atoms with van der Waals surface area (Å²) >= 11 is 0. The maximum Gasteiger partial charge on any atom is 0.303 e. The third-order valence-corrected chi connectivity index (χ3v) is 2.93. The van der Waals surface area contributed by atoms with Crippen LogP contribution in [-0.2, 0) is 4.79 Å². The van der Waals surface area contributed by atoms with Gasteiger partial charge in [0.2, 0.25) is 0 Å². The van der Waals surface area contributed by atoms with Crippen LogP contribution in [0.4, 0.5) is 0 Å². The standard InChI is InChI=1S/C10H15N3O2/c1-6-8(4-9(14)15)10(13-12-6)7-2-3-11-5-7/h2-3,5-6,8,10-13H,4H2,1H3,(H,14,15). The fraction of sp³-hybridized carbons (Fsp3) is 0.500. The first-order valence-corrected chi connectivity index (χ1v) is 5.04. The Kier molecular flexibility index (Phi) is 2.75. The van der Waals surface area contributed by atoms with Gasteiger partial charge < -0.3 is 10.1 Å². The normalized spacial score (nSPS) is 30.6. The Labute approximate surface area is 87.9 Å². The molecule has 0 bridgehead atoms. The van der Waals surface area contributed by atoms with Gasteiger partial charge in [0.15, 0.2) is 0 Å². The number of carbonyl (C=O) groups is 1. The highest BCUT2D eigenvalue weighted by molar-refractivity contribution is 5.67. The van der Waals surface area contributed by atoms with E-state index in [1.807, 2.05) is 25.4 Å². The van der Waals surface area contributed by atoms with Gasteiger partial charge in [0.25, 0.3) is 0 Å². The quantitative estimate of drug-likeness (QED) is 0.589. The van der Waals surface area contributed by atoms with Gasteiger partial charge in [0.05, 0.1) is 12.5 Å². The van der Waals surface area contributed by atoms with Crippen LogP contribution in [0.15, 0.2) is 18.5 Å². The van der Waals surface area contributed by atoms with Crippen molar-refractivity contribution < 1.29 is 9.90 Å². The second kappa shape index (κ2) is 4.04. The number of carboxylic acid groups (broad SMARTS) is 1. The minimum atomic E-state index is -0.752. The molecular formula is C10H15N3O2. The molecule has 5 nitrogen and oxygen atoms in total. The number of aromatic amines is 1. The molecule has 1 fully saturated rings. The van der Waals surface area contributed by atoms with Crippen molar-refractivity contribution in [1.82, 2.24) is 15.8 Å². The van der Waals surface area contributed by atoms with Gasteiger partial charge in [0, 0.05) is 24.4 Å². The van der Waals surface area contributed by atoms with Crippen LogP contribution < -0.4 is 10.9 Å². The molecule has 2 heterocycles. The Balaban J connectivity index is 2.14. The summed E-state index contributed by atoms with van der Waals surface area (Å²) in [5.41, 5.74) is 7.31. The van der Waals surface area contributed by atoms with E-state index in [2.05, 4.69) is 15.8 Å². The Morgan fingerprint density at radius 2 is 2.33 bits per heavy atom. The summed E-state index contributed by atoms with van der Waals surface area (Å²) in [6.45, 7) is 1.99. The molecule has 1 aliphatic rings. The van der Waals surface area contributed by atoms with Crippen LogP contribution in [0.3, 0.4) is 0 Å². The van der Waals surface area contributed by atoms with Crippen molar-refractivity contribution in [3.8, 4) is 0 Å². The summed E-state index contributed by atoms with van der Waals surface area (Å²) in [4.78, 5) is 13.7. The number of H-pyrrole nitrogens is 1. The summed E-state index contributed by atoms with van der Waals surface area (Å²) in [6.07, 6.45) is 3.92. The maximum absolute atomic E-state index is 10.8. The number of hydrazine groups is 1. The van der Waals surface area contributed by atoms with Gasteiger partial charge in [-0.15, -0.1) is 0 Å². The van der Waals surface area contributed by atoms with Gasteiger partial charge in [0.1, 0.15) is 0 Å². The molecule has 1 saturated heterocycles. The average molecular weight is 209 g/mol. The Hall–Kier alpha value is -1.33. The van der Waals surface area contributed by atoms with Crippen LogP contribution in [-0.4, -0.2) is 22.1 Å². The first-order valence-electron chi connectivity index (χ1n) is 5.04. The largest absolute Gasteiger partial charge is 0.481 e. The number of aliphatic carboxylic acids is 1. The molecule has 0 amide bonds. The molecule has 2 rings (SSSR count). The highest BCUT2D eigenvalue weighted by Crippen LogP contribution is 2.30. The lowest BCUT2D eigenvalue weighted by atomic mass is 9.89. The van der Waals surface area contributed by atoms with Crippen LogP contribution >= 0.6 is 0 Å². The lowest BCUT2D eigenvalue weighted by Gasteiger charge is -2.17. The number of hydrogen-bond acceptors (Lipinski definition) is 3. The summed E-state index contributed by atoms with van der Waals surface area (Å²) in [5, 5.41) is 8.84. The minimum Gasteiger partial charge on any atom is -0.481 e. The lowest BCUT2D eigenvalue weighted by molar-refractivity contribution is -0.138. The number of carboxylic acids is 1. The third kappa shape index (κ3) is 2.03. The lowest BCUT2D eigenvalue weighted by Crippen LogP contribution is -2.29. The Morgan fingerprint density at radius 3 is 2.93 bits per heavy atom. The van der Waals surface area contributed by atoms with E-state index < -0.39 is 5.97 Å². The van der Waals surface area contributed by atoms with E-state index in [1.165, 1.54) is 0 Å². The van der Waals surface area contributed by atoms with Crippen LogP contribution in [0.1, 0.15) is 24.9 Å². The van der Waals surface area contributed by atoms with E-state index in [9.17, 15) is 4.79 Å². The molecule has 0 saturated carbocycles. The van der Waals surface area contributed by atoms with Crippen molar-refractivity contribution in [2.45, 2.75) is 25.4 Å². The predicted molar refractivity (Wildman–Crippen MR) is 55.0 cm³/mol. The molecule has 0 spiro atoms. The molecule has 15 heavy (non-hydrogen) atoms. The predicted octanol–water partition coefficient (Wildman–Crippen LogP) is 0.643. The second-order valence-corrected chi connectivity index (χ2v) is 3.96. The topological polar surface area (TPSA) is 77.1 Å². The fourth-order valence-corrected chi connectivity index (χ4v) is 2.08. The van der Waals surface area contributed by atoms with Crippen molar-refractivity contribution in [1.29, 1.82) is 0 Å². The number of hydrogen-bond donors (Lipinski definition) is 4. The molecule has 4 N–H and O–H groups in total. The molecule has 0 aromatic carbocycles. The van der Waals surface area contributed by atoms with E-state index in [0.717, 1.165) is 5.56 Å². The number of nitrogens with one attached hydrogen (secondary N) is 3. The van der Waals surface area contributed by atoms with E-state index in [1.54, 1.807) is 0 Å². The van der Waals surface area contributed by atoms with Gasteiger partial charge in [-0.05, 0) is 18.6 Å². The van der Waals surface area contributed by atoms with Crippen molar-refractivity contribution in [2.24, 2.45) is 5.92 Å². The molecule has 1 aliphatic heterocycles. The zero-order chi connectivity index (χ0) is 10.8. The highest BCUT2D eigenvalue weighted by atomic mass is 16.4. The molecule has 3 unspecified atom stereocenters. The van der Waals surface area contributed by atoms with Crippen molar-refractivity contribution >= 4 is 5.97 Å². The van der Waals surface area contributed by atoms with Crippen LogP contribution in [0.2, 0.25) is 0 Å². The van der Waals surface area contributed by atoms with Gasteiger partial charge in [-0.25, -0.2) is 5.43 Å². The number of rotatable bonds is 3. The molecule has 82 valence electrons. The molecule has 5 heteroatoms. The fourth-order valence-electron chi connectivity index (χ4n) is 2.08.